The monoisotopic (exact) mass is 444 g/mol. The standard InChI is InChI=1S/C20H17ClN4O4S/c21-18-15(25-9-10-30-20(25)24-18)7-8-17(27)29-11-16(26)23-14-4-2-1-3-13(14)19(28)22-12-5-6-12/h1-4,7-10,12H,5-6,11H2,(H,22,28)(H,23,26)/b8-7+. The van der Waals surface area contributed by atoms with Crippen molar-refractivity contribution in [2.24, 2.45) is 0 Å². The molecule has 4 rings (SSSR count). The number of nitrogens with one attached hydrogen (secondary N) is 2. The molecule has 1 fully saturated rings. The fourth-order valence-electron chi connectivity index (χ4n) is 2.72. The van der Waals surface area contributed by atoms with E-state index in [1.54, 1.807) is 34.9 Å². The zero-order valence-corrected chi connectivity index (χ0v) is 17.2. The van der Waals surface area contributed by atoms with Crippen LogP contribution in [-0.2, 0) is 14.3 Å². The summed E-state index contributed by atoms with van der Waals surface area (Å²) in [7, 11) is 0. The number of hydrogen-bond donors (Lipinski definition) is 2. The lowest BCUT2D eigenvalue weighted by Gasteiger charge is -2.11. The number of carbonyl (C=O) groups is 3. The van der Waals surface area contributed by atoms with Crippen LogP contribution in [0, 0.1) is 0 Å². The molecule has 0 aliphatic heterocycles. The number of benzene rings is 1. The van der Waals surface area contributed by atoms with Crippen LogP contribution in [0.4, 0.5) is 5.69 Å². The molecule has 2 N–H and O–H groups in total. The largest absolute Gasteiger partial charge is 0.452 e. The summed E-state index contributed by atoms with van der Waals surface area (Å²) in [5, 5.41) is 7.60. The highest BCUT2D eigenvalue weighted by Gasteiger charge is 2.25. The number of ether oxygens (including phenoxy) is 1. The second-order valence-corrected chi connectivity index (χ2v) is 7.86. The number of para-hydroxylation sites is 1. The minimum atomic E-state index is -0.703. The van der Waals surface area contributed by atoms with Gasteiger partial charge in [-0.3, -0.25) is 14.0 Å². The van der Waals surface area contributed by atoms with Crippen LogP contribution in [-0.4, -0.2) is 39.8 Å². The smallest absolute Gasteiger partial charge is 0.331 e. The average molecular weight is 445 g/mol. The molecule has 0 radical (unpaired) electrons. The summed E-state index contributed by atoms with van der Waals surface area (Å²) in [6, 6.07) is 6.87. The summed E-state index contributed by atoms with van der Waals surface area (Å²) in [5.74, 6) is -1.50. The van der Waals surface area contributed by atoms with Crippen molar-refractivity contribution < 1.29 is 19.1 Å². The Morgan fingerprint density at radius 2 is 2.10 bits per heavy atom. The summed E-state index contributed by atoms with van der Waals surface area (Å²) in [5.41, 5.74) is 1.27. The van der Waals surface area contributed by atoms with Gasteiger partial charge in [0.05, 0.1) is 16.9 Å². The Morgan fingerprint density at radius 1 is 1.30 bits per heavy atom. The van der Waals surface area contributed by atoms with Gasteiger partial charge in [0.25, 0.3) is 11.8 Å². The van der Waals surface area contributed by atoms with Gasteiger partial charge >= 0.3 is 5.97 Å². The Balaban J connectivity index is 1.32. The van der Waals surface area contributed by atoms with Crippen molar-refractivity contribution in [1.29, 1.82) is 0 Å². The zero-order valence-electron chi connectivity index (χ0n) is 15.6. The van der Waals surface area contributed by atoms with E-state index in [1.165, 1.54) is 23.5 Å². The van der Waals surface area contributed by atoms with Gasteiger partial charge in [0.1, 0.15) is 0 Å². The van der Waals surface area contributed by atoms with Crippen LogP contribution in [0.15, 0.2) is 41.9 Å². The molecule has 30 heavy (non-hydrogen) atoms. The normalized spacial score (nSPS) is 13.5. The van der Waals surface area contributed by atoms with Crippen LogP contribution in [0.25, 0.3) is 11.0 Å². The maximum atomic E-state index is 12.3. The number of carbonyl (C=O) groups excluding carboxylic acids is 3. The molecule has 2 aromatic heterocycles. The van der Waals surface area contributed by atoms with Crippen LogP contribution in [0.3, 0.4) is 0 Å². The van der Waals surface area contributed by atoms with Gasteiger partial charge in [0.2, 0.25) is 0 Å². The molecule has 154 valence electrons. The molecule has 10 heteroatoms. The number of aromatic nitrogens is 2. The summed E-state index contributed by atoms with van der Waals surface area (Å²) in [6.07, 6.45) is 6.37. The fourth-order valence-corrected chi connectivity index (χ4v) is 3.73. The molecule has 2 amide bonds. The van der Waals surface area contributed by atoms with Crippen LogP contribution < -0.4 is 10.6 Å². The number of hydrogen-bond acceptors (Lipinski definition) is 6. The van der Waals surface area contributed by atoms with Gasteiger partial charge in [0.15, 0.2) is 16.7 Å². The zero-order chi connectivity index (χ0) is 21.1. The molecule has 1 aromatic carbocycles. The second-order valence-electron chi connectivity index (χ2n) is 6.63. The van der Waals surface area contributed by atoms with Gasteiger partial charge in [-0.2, -0.15) is 0 Å². The molecular weight excluding hydrogens is 428 g/mol. The fraction of sp³-hybridized carbons (Fsp3) is 0.200. The summed E-state index contributed by atoms with van der Waals surface area (Å²) in [6.45, 7) is -0.490. The van der Waals surface area contributed by atoms with Crippen LogP contribution in [0.1, 0.15) is 28.9 Å². The van der Waals surface area contributed by atoms with E-state index in [4.69, 9.17) is 16.3 Å². The molecule has 1 aliphatic carbocycles. The first-order valence-electron chi connectivity index (χ1n) is 9.17. The molecule has 0 atom stereocenters. The van der Waals surface area contributed by atoms with Gasteiger partial charge in [-0.15, -0.1) is 11.3 Å². The lowest BCUT2D eigenvalue weighted by atomic mass is 10.1. The average Bonchev–Trinajstić information content (AvgIpc) is 3.33. The molecule has 0 unspecified atom stereocenters. The van der Waals surface area contributed by atoms with Crippen molar-refractivity contribution in [3.05, 3.63) is 58.3 Å². The number of esters is 1. The lowest BCUT2D eigenvalue weighted by Crippen LogP contribution is -2.27. The van der Waals surface area contributed by atoms with Crippen molar-refractivity contribution in [2.45, 2.75) is 18.9 Å². The molecule has 0 bridgehead atoms. The van der Waals surface area contributed by atoms with Gasteiger partial charge in [-0.25, -0.2) is 9.78 Å². The molecule has 0 spiro atoms. The number of halogens is 1. The van der Waals surface area contributed by atoms with Crippen molar-refractivity contribution in [1.82, 2.24) is 14.7 Å². The number of amides is 2. The first-order chi connectivity index (χ1) is 14.5. The van der Waals surface area contributed by atoms with Crippen molar-refractivity contribution in [3.8, 4) is 0 Å². The van der Waals surface area contributed by atoms with E-state index in [0.717, 1.165) is 12.8 Å². The minimum Gasteiger partial charge on any atom is -0.452 e. The summed E-state index contributed by atoms with van der Waals surface area (Å²) < 4.78 is 6.72. The highest BCUT2D eigenvalue weighted by Crippen LogP contribution is 2.23. The van der Waals surface area contributed by atoms with E-state index in [9.17, 15) is 14.4 Å². The van der Waals surface area contributed by atoms with E-state index in [2.05, 4.69) is 15.6 Å². The minimum absolute atomic E-state index is 0.202. The van der Waals surface area contributed by atoms with Crippen LogP contribution in [0.2, 0.25) is 5.15 Å². The Labute approximate surface area is 180 Å². The predicted molar refractivity (Wildman–Crippen MR) is 114 cm³/mol. The van der Waals surface area contributed by atoms with Crippen molar-refractivity contribution in [3.63, 3.8) is 0 Å². The first kappa shape index (κ1) is 20.1. The van der Waals surface area contributed by atoms with E-state index in [0.29, 0.717) is 21.9 Å². The van der Waals surface area contributed by atoms with Crippen molar-refractivity contribution in [2.75, 3.05) is 11.9 Å². The number of imidazole rings is 1. The Morgan fingerprint density at radius 3 is 2.90 bits per heavy atom. The molecule has 2 heterocycles. The number of rotatable bonds is 7. The van der Waals surface area contributed by atoms with Crippen molar-refractivity contribution >= 4 is 57.4 Å². The number of thiazole rings is 1. The maximum Gasteiger partial charge on any atom is 0.331 e. The Hall–Kier alpha value is -3.17. The number of anilines is 1. The highest BCUT2D eigenvalue weighted by atomic mass is 35.5. The number of fused-ring (bicyclic) bond motifs is 1. The molecular formula is C20H17ClN4O4S. The van der Waals surface area contributed by atoms with Gasteiger partial charge < -0.3 is 15.4 Å². The van der Waals surface area contributed by atoms with E-state index < -0.39 is 18.5 Å². The van der Waals surface area contributed by atoms with Crippen LogP contribution in [0.5, 0.6) is 0 Å². The topological polar surface area (TPSA) is 102 Å². The molecule has 0 saturated heterocycles. The predicted octanol–water partition coefficient (Wildman–Crippen LogP) is 3.14. The first-order valence-corrected chi connectivity index (χ1v) is 10.4. The molecule has 8 nitrogen and oxygen atoms in total. The van der Waals surface area contributed by atoms with Gasteiger partial charge in [0, 0.05) is 23.7 Å². The Bertz CT molecular complexity index is 1150. The summed E-state index contributed by atoms with van der Waals surface area (Å²) in [4.78, 5) is 41.3. The van der Waals surface area contributed by atoms with Gasteiger partial charge in [-0.05, 0) is 31.1 Å². The van der Waals surface area contributed by atoms with Gasteiger partial charge in [-0.1, -0.05) is 23.7 Å². The second kappa shape index (κ2) is 8.68. The SMILES string of the molecule is O=C(COC(=O)/C=C/c1c(Cl)nc2sccn12)Nc1ccccc1C(=O)NC1CC1. The molecule has 3 aromatic rings. The van der Waals surface area contributed by atoms with E-state index >= 15 is 0 Å². The third kappa shape index (κ3) is 4.69. The molecule has 1 aliphatic rings. The van der Waals surface area contributed by atoms with E-state index in [1.807, 2.05) is 5.38 Å². The lowest BCUT2D eigenvalue weighted by molar-refractivity contribution is -0.142. The Kier molecular flexibility index (Phi) is 5.82. The molecule has 1 saturated carbocycles. The number of nitrogens with zero attached hydrogens (tertiary/aromatic N) is 2. The van der Waals surface area contributed by atoms with Crippen LogP contribution >= 0.6 is 22.9 Å². The quantitative estimate of drug-likeness (QED) is 0.430. The summed E-state index contributed by atoms with van der Waals surface area (Å²) >= 11 is 7.48. The van der Waals surface area contributed by atoms with E-state index in [-0.39, 0.29) is 17.1 Å². The third-order valence-corrected chi connectivity index (χ3v) is 5.37. The maximum absolute atomic E-state index is 12.3. The third-order valence-electron chi connectivity index (χ3n) is 4.34. The highest BCUT2D eigenvalue weighted by molar-refractivity contribution is 7.15.